The topological polar surface area (TPSA) is 3.88 Å². The van der Waals surface area contributed by atoms with Crippen LogP contribution in [0.2, 0.25) is 0 Å². The predicted octanol–water partition coefficient (Wildman–Crippen LogP) is 4.80. The number of aryl methyl sites for hydroxylation is 1. The van der Waals surface area contributed by atoms with Gasteiger partial charge in [-0.1, -0.05) is 47.5 Å². The van der Waals surface area contributed by atoms with E-state index in [9.17, 15) is 0 Å². The number of unbranched alkanes of at least 4 members (excludes halogenated alkanes) is 3. The fraction of sp³-hybridized carbons (Fsp3) is 0.706. The number of hydrogen-bond donors (Lipinski definition) is 0. The third-order valence-corrected chi connectivity index (χ3v) is 3.60. The van der Waals surface area contributed by atoms with E-state index in [0.717, 1.165) is 6.54 Å². The van der Waals surface area contributed by atoms with Crippen LogP contribution >= 0.6 is 0 Å². The lowest BCUT2D eigenvalue weighted by Gasteiger charge is -2.14. The Labute approximate surface area is 113 Å². The average molecular weight is 248 g/mol. The lowest BCUT2D eigenvalue weighted by molar-refractivity contribution is -0.697. The second kappa shape index (κ2) is 7.56. The van der Waals surface area contributed by atoms with Crippen LogP contribution < -0.4 is 4.57 Å². The molecule has 0 aliphatic carbocycles. The van der Waals surface area contributed by atoms with E-state index in [1.807, 2.05) is 0 Å². The highest BCUT2D eigenvalue weighted by Gasteiger charge is 2.14. The standard InChI is InChI=1S/C17H30N/c1-6-7-8-9-11-18-12-10-16(14(2)3)17(13-18)15(4)5/h10,12-15H,6-9,11H2,1-5H3/q+1. The first-order chi connectivity index (χ1) is 8.56. The van der Waals surface area contributed by atoms with Crippen LogP contribution in [0.15, 0.2) is 18.5 Å². The normalized spacial score (nSPS) is 11.5. The fourth-order valence-corrected chi connectivity index (χ4v) is 2.44. The molecule has 1 nitrogen and oxygen atoms in total. The SMILES string of the molecule is CCCCCC[n+]1ccc(C(C)C)c(C(C)C)c1. The zero-order valence-corrected chi connectivity index (χ0v) is 12.9. The van der Waals surface area contributed by atoms with Gasteiger partial charge in [-0.15, -0.1) is 0 Å². The molecule has 0 saturated heterocycles. The minimum atomic E-state index is 0.616. The smallest absolute Gasteiger partial charge is 0.172 e. The van der Waals surface area contributed by atoms with Crippen molar-refractivity contribution >= 4 is 0 Å². The Hall–Kier alpha value is -0.850. The Bertz CT molecular complexity index is 353. The van der Waals surface area contributed by atoms with Crippen molar-refractivity contribution in [1.29, 1.82) is 0 Å². The summed E-state index contributed by atoms with van der Waals surface area (Å²) < 4.78 is 2.37. The average Bonchev–Trinajstić information content (AvgIpc) is 2.34. The van der Waals surface area contributed by atoms with Gasteiger partial charge in [0.05, 0.1) is 0 Å². The molecule has 1 rings (SSSR count). The zero-order chi connectivity index (χ0) is 13.5. The minimum absolute atomic E-state index is 0.616. The van der Waals surface area contributed by atoms with E-state index in [2.05, 4.69) is 57.6 Å². The fourth-order valence-electron chi connectivity index (χ4n) is 2.44. The molecule has 18 heavy (non-hydrogen) atoms. The maximum Gasteiger partial charge on any atom is 0.172 e. The second-order valence-corrected chi connectivity index (χ2v) is 5.96. The summed E-state index contributed by atoms with van der Waals surface area (Å²) in [6.45, 7) is 12.6. The predicted molar refractivity (Wildman–Crippen MR) is 79.0 cm³/mol. The lowest BCUT2D eigenvalue weighted by Crippen LogP contribution is -2.34. The number of nitrogens with zero attached hydrogens (tertiary/aromatic N) is 1. The van der Waals surface area contributed by atoms with Crippen molar-refractivity contribution in [2.75, 3.05) is 0 Å². The van der Waals surface area contributed by atoms with Gasteiger partial charge in [0, 0.05) is 18.1 Å². The van der Waals surface area contributed by atoms with Gasteiger partial charge in [0.25, 0.3) is 0 Å². The summed E-state index contributed by atoms with van der Waals surface area (Å²) in [5.41, 5.74) is 3.03. The molecule has 0 fully saturated rings. The molecule has 0 aromatic carbocycles. The third kappa shape index (κ3) is 4.44. The molecule has 0 atom stereocenters. The van der Waals surface area contributed by atoms with Crippen LogP contribution in [0.1, 0.15) is 83.3 Å². The summed E-state index contributed by atoms with van der Waals surface area (Å²) in [5.74, 6) is 1.24. The zero-order valence-electron chi connectivity index (χ0n) is 12.9. The van der Waals surface area contributed by atoms with Crippen molar-refractivity contribution in [1.82, 2.24) is 0 Å². The Kier molecular flexibility index (Phi) is 6.38. The van der Waals surface area contributed by atoms with E-state index in [4.69, 9.17) is 0 Å². The molecule has 1 aromatic rings. The quantitative estimate of drug-likeness (QED) is 0.482. The van der Waals surface area contributed by atoms with Gasteiger partial charge in [-0.2, -0.15) is 0 Å². The number of rotatable bonds is 7. The van der Waals surface area contributed by atoms with Crippen LogP contribution in [0.3, 0.4) is 0 Å². The van der Waals surface area contributed by atoms with E-state index in [1.54, 1.807) is 0 Å². The highest BCUT2D eigenvalue weighted by molar-refractivity contribution is 5.27. The van der Waals surface area contributed by atoms with Gasteiger partial charge in [-0.05, 0) is 23.8 Å². The molecule has 0 N–H and O–H groups in total. The van der Waals surface area contributed by atoms with Crippen LogP contribution in [0.25, 0.3) is 0 Å². The van der Waals surface area contributed by atoms with E-state index in [1.165, 1.54) is 36.8 Å². The van der Waals surface area contributed by atoms with Crippen molar-refractivity contribution < 1.29 is 4.57 Å². The van der Waals surface area contributed by atoms with Gasteiger partial charge in [-0.3, -0.25) is 0 Å². The summed E-state index contributed by atoms with van der Waals surface area (Å²) >= 11 is 0. The highest BCUT2D eigenvalue weighted by atomic mass is 14.9. The molecule has 0 radical (unpaired) electrons. The molecule has 1 heteroatoms. The Morgan fingerprint density at radius 3 is 2.17 bits per heavy atom. The first-order valence-corrected chi connectivity index (χ1v) is 7.59. The molecule has 0 spiro atoms. The van der Waals surface area contributed by atoms with Crippen LogP contribution in [-0.4, -0.2) is 0 Å². The summed E-state index contributed by atoms with van der Waals surface area (Å²) in [5, 5.41) is 0. The van der Waals surface area contributed by atoms with Crippen LogP contribution in [0.4, 0.5) is 0 Å². The molecular weight excluding hydrogens is 218 g/mol. The largest absolute Gasteiger partial charge is 0.205 e. The van der Waals surface area contributed by atoms with Crippen molar-refractivity contribution in [2.24, 2.45) is 0 Å². The minimum Gasteiger partial charge on any atom is -0.205 e. The highest BCUT2D eigenvalue weighted by Crippen LogP contribution is 2.24. The van der Waals surface area contributed by atoms with Crippen molar-refractivity contribution in [3.05, 3.63) is 29.6 Å². The first kappa shape index (κ1) is 15.2. The molecule has 102 valence electrons. The number of pyridine rings is 1. The van der Waals surface area contributed by atoms with Gasteiger partial charge in [0.15, 0.2) is 12.4 Å². The van der Waals surface area contributed by atoms with Gasteiger partial charge in [0.2, 0.25) is 0 Å². The number of hydrogen-bond acceptors (Lipinski definition) is 0. The Morgan fingerprint density at radius 2 is 1.61 bits per heavy atom. The summed E-state index contributed by atoms with van der Waals surface area (Å²) in [6, 6.07) is 2.32. The Balaban J connectivity index is 2.74. The van der Waals surface area contributed by atoms with Gasteiger partial charge < -0.3 is 0 Å². The van der Waals surface area contributed by atoms with Gasteiger partial charge in [-0.25, -0.2) is 4.57 Å². The molecule has 0 aliphatic rings. The monoisotopic (exact) mass is 248 g/mol. The molecule has 0 saturated carbocycles. The lowest BCUT2D eigenvalue weighted by atomic mass is 9.92. The van der Waals surface area contributed by atoms with Crippen LogP contribution in [-0.2, 0) is 6.54 Å². The molecule has 1 heterocycles. The molecule has 0 bridgehead atoms. The van der Waals surface area contributed by atoms with Crippen LogP contribution in [0, 0.1) is 0 Å². The first-order valence-electron chi connectivity index (χ1n) is 7.59. The van der Waals surface area contributed by atoms with Crippen molar-refractivity contribution in [3.63, 3.8) is 0 Å². The van der Waals surface area contributed by atoms with Crippen molar-refractivity contribution in [2.45, 2.75) is 78.7 Å². The van der Waals surface area contributed by atoms with Gasteiger partial charge in [0.1, 0.15) is 6.54 Å². The molecular formula is C17H30N+. The van der Waals surface area contributed by atoms with Gasteiger partial charge >= 0.3 is 0 Å². The maximum atomic E-state index is 2.37. The third-order valence-electron chi connectivity index (χ3n) is 3.60. The van der Waals surface area contributed by atoms with E-state index in [-0.39, 0.29) is 0 Å². The molecule has 1 aromatic heterocycles. The maximum absolute atomic E-state index is 2.37. The second-order valence-electron chi connectivity index (χ2n) is 5.96. The summed E-state index contributed by atoms with van der Waals surface area (Å²) in [4.78, 5) is 0. The van der Waals surface area contributed by atoms with Crippen LogP contribution in [0.5, 0.6) is 0 Å². The molecule has 0 unspecified atom stereocenters. The van der Waals surface area contributed by atoms with E-state index < -0.39 is 0 Å². The number of aromatic nitrogens is 1. The molecule has 0 aliphatic heterocycles. The summed E-state index contributed by atoms with van der Waals surface area (Å²) in [6.07, 6.45) is 9.96. The van der Waals surface area contributed by atoms with E-state index in [0.29, 0.717) is 11.8 Å². The summed E-state index contributed by atoms with van der Waals surface area (Å²) in [7, 11) is 0. The Morgan fingerprint density at radius 1 is 0.944 bits per heavy atom. The van der Waals surface area contributed by atoms with E-state index >= 15 is 0 Å². The van der Waals surface area contributed by atoms with Crippen molar-refractivity contribution in [3.8, 4) is 0 Å². The molecule has 0 amide bonds.